The number of rotatable bonds is 3. The van der Waals surface area contributed by atoms with Crippen LogP contribution < -0.4 is 9.80 Å². The highest BCUT2D eigenvalue weighted by Gasteiger charge is 2.38. The number of halogens is 3. The third kappa shape index (κ3) is 2.84. The van der Waals surface area contributed by atoms with E-state index in [1.807, 2.05) is 11.1 Å². The highest BCUT2D eigenvalue weighted by atomic mass is 19.4. The predicted molar refractivity (Wildman–Crippen MR) is 94.6 cm³/mol. The first-order valence-corrected chi connectivity index (χ1v) is 8.92. The van der Waals surface area contributed by atoms with Crippen LogP contribution in [0.5, 0.6) is 0 Å². The molecule has 0 bridgehead atoms. The monoisotopic (exact) mass is 407 g/mol. The quantitative estimate of drug-likeness (QED) is 0.650. The van der Waals surface area contributed by atoms with Gasteiger partial charge in [0, 0.05) is 39.4 Å². The summed E-state index contributed by atoms with van der Waals surface area (Å²) in [5, 5.41) is 15.1. The molecule has 29 heavy (non-hydrogen) atoms. The van der Waals surface area contributed by atoms with Crippen molar-refractivity contribution in [2.24, 2.45) is 0 Å². The first kappa shape index (κ1) is 17.7. The Morgan fingerprint density at radius 1 is 1.14 bits per heavy atom. The molecule has 5 rings (SSSR count). The zero-order chi connectivity index (χ0) is 20.3. The lowest BCUT2D eigenvalue weighted by Crippen LogP contribution is -2.48. The lowest BCUT2D eigenvalue weighted by atomic mass is 10.1. The third-order valence-corrected chi connectivity index (χ3v) is 5.18. The van der Waals surface area contributed by atoms with E-state index in [0.717, 1.165) is 5.69 Å². The minimum Gasteiger partial charge on any atom is -0.351 e. The Morgan fingerprint density at radius 2 is 1.93 bits per heavy atom. The van der Waals surface area contributed by atoms with E-state index in [2.05, 4.69) is 20.4 Å². The fourth-order valence-electron chi connectivity index (χ4n) is 3.49. The summed E-state index contributed by atoms with van der Waals surface area (Å²) in [5.74, 6) is -0.744. The molecule has 0 atom stereocenters. The first-order chi connectivity index (χ1) is 13.8. The summed E-state index contributed by atoms with van der Waals surface area (Å²) < 4.78 is 41.6. The summed E-state index contributed by atoms with van der Waals surface area (Å²) in [6.07, 6.45) is -1.16. The van der Waals surface area contributed by atoms with Crippen molar-refractivity contribution in [3.63, 3.8) is 0 Å². The van der Waals surface area contributed by atoms with E-state index in [1.54, 1.807) is 33.8 Å². The van der Waals surface area contributed by atoms with E-state index < -0.39 is 12.0 Å². The van der Waals surface area contributed by atoms with Gasteiger partial charge in [0.05, 0.1) is 17.9 Å². The van der Waals surface area contributed by atoms with Gasteiger partial charge in [-0.05, 0) is 12.1 Å². The van der Waals surface area contributed by atoms with E-state index in [1.165, 1.54) is 6.07 Å². The summed E-state index contributed by atoms with van der Waals surface area (Å²) in [5.41, 5.74) is 0.770. The number of carbonyl (C=O) groups excluding carboxylic acids is 1. The maximum atomic E-state index is 13.0. The number of alkyl halides is 3. The van der Waals surface area contributed by atoms with E-state index >= 15 is 0 Å². The second kappa shape index (κ2) is 6.06. The number of aromatic nitrogens is 6. The molecule has 2 aliphatic rings. The van der Waals surface area contributed by atoms with Crippen LogP contribution in [0.1, 0.15) is 11.9 Å². The Bertz CT molecular complexity index is 1080. The smallest absolute Gasteiger partial charge is 0.351 e. The Kier molecular flexibility index (Phi) is 3.70. The van der Waals surface area contributed by atoms with Crippen molar-refractivity contribution < 1.29 is 18.0 Å². The van der Waals surface area contributed by atoms with Crippen molar-refractivity contribution in [3.05, 3.63) is 30.4 Å². The number of likely N-dealkylation sites (N-methyl/N-ethyl adjacent to an activating group) is 1. The van der Waals surface area contributed by atoms with Crippen LogP contribution in [0, 0.1) is 0 Å². The van der Waals surface area contributed by atoms with Crippen LogP contribution in [0.4, 0.5) is 29.5 Å². The normalized spacial score (nSPS) is 18.2. The molecular formula is C16H16F3N9O. The highest BCUT2D eigenvalue weighted by Crippen LogP contribution is 2.30. The number of anilines is 2. The minimum atomic E-state index is -4.63. The zero-order valence-electron chi connectivity index (χ0n) is 15.3. The Balaban J connectivity index is 1.31. The molecule has 5 heterocycles. The molecule has 2 fully saturated rings. The molecule has 0 saturated carbocycles. The molecule has 2 saturated heterocycles. The van der Waals surface area contributed by atoms with E-state index in [4.69, 9.17) is 0 Å². The van der Waals surface area contributed by atoms with E-state index in [-0.39, 0.29) is 17.7 Å². The molecule has 0 unspecified atom stereocenters. The molecule has 2 aliphatic heterocycles. The second-order valence-electron chi connectivity index (χ2n) is 7.08. The summed E-state index contributed by atoms with van der Waals surface area (Å²) in [7, 11) is 1.75. The fraction of sp³-hybridized carbons (Fsp3) is 0.438. The van der Waals surface area contributed by atoms with Crippen molar-refractivity contribution in [3.8, 4) is 0 Å². The largest absolute Gasteiger partial charge is 0.453 e. The van der Waals surface area contributed by atoms with Gasteiger partial charge in [0.1, 0.15) is 5.82 Å². The number of urea groups is 1. The topological polar surface area (TPSA) is 87.7 Å². The summed E-state index contributed by atoms with van der Waals surface area (Å²) >= 11 is 0. The molecule has 3 aromatic rings. The lowest BCUT2D eigenvalue weighted by molar-refractivity contribution is -0.146. The number of hydrogen-bond donors (Lipinski definition) is 0. The Hall–Kier alpha value is -3.38. The van der Waals surface area contributed by atoms with Crippen molar-refractivity contribution in [2.75, 3.05) is 43.0 Å². The molecule has 0 aliphatic carbocycles. The first-order valence-electron chi connectivity index (χ1n) is 8.92. The average molecular weight is 407 g/mol. The molecule has 0 aromatic carbocycles. The van der Waals surface area contributed by atoms with Gasteiger partial charge in [-0.2, -0.15) is 22.8 Å². The number of hydrogen-bond acceptors (Lipinski definition) is 6. The lowest BCUT2D eigenvalue weighted by Gasteiger charge is -2.39. The number of nitrogens with zero attached hydrogens (tertiary/aromatic N) is 9. The summed E-state index contributed by atoms with van der Waals surface area (Å²) in [6.45, 7) is 2.36. The van der Waals surface area contributed by atoms with Crippen molar-refractivity contribution in [2.45, 2.75) is 12.2 Å². The maximum absolute atomic E-state index is 13.0. The molecule has 3 aromatic heterocycles. The number of fused-ring (bicyclic) bond motifs is 1. The van der Waals surface area contributed by atoms with Gasteiger partial charge in [0.2, 0.25) is 0 Å². The van der Waals surface area contributed by atoms with Gasteiger partial charge in [-0.15, -0.1) is 15.3 Å². The van der Waals surface area contributed by atoms with Crippen LogP contribution in [0.2, 0.25) is 0 Å². The standard InChI is InChI=1S/C16H16F3N9O/c1-24-4-5-26(15(24)29)10-6-20-27(9-10)11-7-25(8-11)13-3-2-12-21-22-14(16(17,18)19)28(12)23-13/h2-3,6,9,11H,4-5,7-8H2,1H3. The van der Waals surface area contributed by atoms with E-state index in [9.17, 15) is 18.0 Å². The average Bonchev–Trinajstić information content (AvgIpc) is 3.33. The van der Waals surface area contributed by atoms with Gasteiger partial charge >= 0.3 is 12.2 Å². The maximum Gasteiger partial charge on any atom is 0.453 e. The van der Waals surface area contributed by atoms with Crippen molar-refractivity contribution >= 4 is 23.2 Å². The zero-order valence-corrected chi connectivity index (χ0v) is 15.3. The summed E-state index contributed by atoms with van der Waals surface area (Å²) in [6, 6.07) is 3.05. The van der Waals surface area contributed by atoms with Gasteiger partial charge < -0.3 is 9.80 Å². The number of amides is 2. The molecule has 10 nitrogen and oxygen atoms in total. The minimum absolute atomic E-state index is 0.0371. The van der Waals surface area contributed by atoms with Crippen LogP contribution in [0.25, 0.3) is 5.65 Å². The molecule has 0 spiro atoms. The molecule has 0 N–H and O–H groups in total. The van der Waals surface area contributed by atoms with Crippen LogP contribution in [0.3, 0.4) is 0 Å². The molecular weight excluding hydrogens is 391 g/mol. The van der Waals surface area contributed by atoms with Gasteiger partial charge in [-0.1, -0.05) is 0 Å². The second-order valence-corrected chi connectivity index (χ2v) is 7.08. The molecule has 152 valence electrons. The van der Waals surface area contributed by atoms with Crippen molar-refractivity contribution in [1.82, 2.24) is 34.5 Å². The third-order valence-electron chi connectivity index (χ3n) is 5.18. The van der Waals surface area contributed by atoms with Gasteiger partial charge in [0.15, 0.2) is 5.65 Å². The van der Waals surface area contributed by atoms with Crippen LogP contribution in [0.15, 0.2) is 24.5 Å². The van der Waals surface area contributed by atoms with Crippen molar-refractivity contribution in [1.29, 1.82) is 0 Å². The van der Waals surface area contributed by atoms with Crippen LogP contribution >= 0.6 is 0 Å². The van der Waals surface area contributed by atoms with Crippen LogP contribution in [-0.2, 0) is 6.18 Å². The van der Waals surface area contributed by atoms with E-state index in [0.29, 0.717) is 36.5 Å². The van der Waals surface area contributed by atoms with Gasteiger partial charge in [0.25, 0.3) is 5.82 Å². The molecule has 13 heteroatoms. The Morgan fingerprint density at radius 3 is 2.62 bits per heavy atom. The SMILES string of the molecule is CN1CCN(c2cnn(C3CN(c4ccc5nnc(C(F)(F)F)n5n4)C3)c2)C1=O. The summed E-state index contributed by atoms with van der Waals surface area (Å²) in [4.78, 5) is 17.3. The van der Waals surface area contributed by atoms with Gasteiger partial charge in [-0.25, -0.2) is 4.79 Å². The molecule has 0 radical (unpaired) electrons. The predicted octanol–water partition coefficient (Wildman–Crippen LogP) is 1.27. The molecule has 2 amide bonds. The fourth-order valence-corrected chi connectivity index (χ4v) is 3.49. The van der Waals surface area contributed by atoms with Gasteiger partial charge in [-0.3, -0.25) is 9.58 Å². The van der Waals surface area contributed by atoms with Crippen LogP contribution in [-0.4, -0.2) is 73.7 Å². The Labute approximate surface area is 162 Å². The number of carbonyl (C=O) groups is 1. The highest BCUT2D eigenvalue weighted by molar-refractivity contribution is 5.93.